The molecule has 0 fully saturated rings. The molecule has 2 aromatic carbocycles. The molecule has 0 bridgehead atoms. The van der Waals surface area contributed by atoms with Gasteiger partial charge >= 0.3 is 0 Å². The molecule has 3 heterocycles. The fraction of sp³-hybridized carbons (Fsp3) is 0.200. The monoisotopic (exact) mass is 361 g/mol. The number of carbonyl (C=O) groups excluding carboxylic acids is 1. The van der Waals surface area contributed by atoms with E-state index in [1.807, 2.05) is 37.4 Å². The first-order valence-corrected chi connectivity index (χ1v) is 8.70. The van der Waals surface area contributed by atoms with Gasteiger partial charge in [0.05, 0.1) is 17.7 Å². The summed E-state index contributed by atoms with van der Waals surface area (Å²) in [4.78, 5) is 21.4. The highest BCUT2D eigenvalue weighted by molar-refractivity contribution is 6.21. The first-order valence-electron chi connectivity index (χ1n) is 8.70. The van der Waals surface area contributed by atoms with Crippen molar-refractivity contribution in [1.82, 2.24) is 14.8 Å². The highest BCUT2D eigenvalue weighted by atomic mass is 19.1. The van der Waals surface area contributed by atoms with Crippen molar-refractivity contribution >= 4 is 17.2 Å². The number of carbonyl (C=O) groups is 1. The smallest absolute Gasteiger partial charge is 0.185 e. The van der Waals surface area contributed by atoms with Gasteiger partial charge in [0.1, 0.15) is 24.5 Å². The first kappa shape index (κ1) is 15.9. The van der Waals surface area contributed by atoms with Crippen LogP contribution < -0.4 is 5.32 Å². The number of aliphatic imine (C=N–C) groups is 1. The van der Waals surface area contributed by atoms with Crippen LogP contribution in [0, 0.1) is 5.82 Å². The molecule has 0 aliphatic carbocycles. The van der Waals surface area contributed by atoms with E-state index in [0.717, 1.165) is 17.1 Å². The normalized spacial score (nSPS) is 20.7. The van der Waals surface area contributed by atoms with E-state index in [4.69, 9.17) is 0 Å². The number of rotatable bonds is 2. The largest absolute Gasteiger partial charge is 0.376 e. The summed E-state index contributed by atoms with van der Waals surface area (Å²) in [7, 11) is 1.83. The summed E-state index contributed by atoms with van der Waals surface area (Å²) in [6.07, 6.45) is 1.51. The van der Waals surface area contributed by atoms with Crippen molar-refractivity contribution in [3.8, 4) is 0 Å². The molecular formula is C20H16FN5O. The molecule has 27 heavy (non-hydrogen) atoms. The summed E-state index contributed by atoms with van der Waals surface area (Å²) < 4.78 is 15.9. The molecule has 7 heteroatoms. The third kappa shape index (κ3) is 2.38. The fourth-order valence-corrected chi connectivity index (χ4v) is 3.99. The van der Waals surface area contributed by atoms with E-state index in [9.17, 15) is 9.18 Å². The average molecular weight is 361 g/mol. The Labute approximate surface area is 154 Å². The lowest BCUT2D eigenvalue weighted by Gasteiger charge is -2.37. The summed E-state index contributed by atoms with van der Waals surface area (Å²) in [5.74, 6) is -0.115. The number of hydrogen-bond donors (Lipinski definition) is 1. The van der Waals surface area contributed by atoms with Gasteiger partial charge in [-0.1, -0.05) is 30.3 Å². The summed E-state index contributed by atoms with van der Waals surface area (Å²) in [6.45, 7) is 0.0150. The minimum Gasteiger partial charge on any atom is -0.376 e. The maximum Gasteiger partial charge on any atom is 0.185 e. The standard InChI is InChI=1S/C20H16FN5O/c1-26-20(23-10-24-26)17-18(11-5-3-2-4-6-11)25-14-8-12(21)7-13-15(27)9-22-19(17)16(13)14/h2-8,10,17-18,25H,9H2,1H3/t17-,18?/m1/s1. The molecule has 0 saturated heterocycles. The molecule has 1 aromatic heterocycles. The number of hydrogen-bond acceptors (Lipinski definition) is 5. The SMILES string of the molecule is Cn1ncnc1[C@H]1C2=NCC(=O)c3cc(F)cc(c32)NC1c1ccccc1. The van der Waals surface area contributed by atoms with Crippen LogP contribution >= 0.6 is 0 Å². The lowest BCUT2D eigenvalue weighted by atomic mass is 9.78. The number of Topliss-reactive ketones (excluding diaryl/α,β-unsaturated/α-hetero) is 1. The summed E-state index contributed by atoms with van der Waals surface area (Å²) in [6, 6.07) is 12.4. The number of benzene rings is 2. The Balaban J connectivity index is 1.78. The molecule has 134 valence electrons. The van der Waals surface area contributed by atoms with Crippen LogP contribution in [0.1, 0.15) is 39.3 Å². The van der Waals surface area contributed by atoms with Crippen LogP contribution in [0.5, 0.6) is 0 Å². The number of nitrogens with one attached hydrogen (secondary N) is 1. The zero-order valence-corrected chi connectivity index (χ0v) is 14.6. The lowest BCUT2D eigenvalue weighted by molar-refractivity contribution is 0.0999. The molecule has 0 amide bonds. The number of halogens is 1. The zero-order chi connectivity index (χ0) is 18.5. The van der Waals surface area contributed by atoms with Gasteiger partial charge in [-0.15, -0.1) is 0 Å². The van der Waals surface area contributed by atoms with E-state index in [0.29, 0.717) is 16.8 Å². The fourth-order valence-electron chi connectivity index (χ4n) is 3.99. The van der Waals surface area contributed by atoms with E-state index in [1.54, 1.807) is 4.68 Å². The predicted octanol–water partition coefficient (Wildman–Crippen LogP) is 2.89. The van der Waals surface area contributed by atoms with Crippen molar-refractivity contribution in [3.63, 3.8) is 0 Å². The van der Waals surface area contributed by atoms with Gasteiger partial charge in [-0.3, -0.25) is 14.5 Å². The van der Waals surface area contributed by atoms with Gasteiger partial charge in [0.25, 0.3) is 0 Å². The summed E-state index contributed by atoms with van der Waals surface area (Å²) in [5, 5.41) is 7.64. The Morgan fingerprint density at radius 3 is 2.78 bits per heavy atom. The predicted molar refractivity (Wildman–Crippen MR) is 98.7 cm³/mol. The molecule has 2 aliphatic rings. The van der Waals surface area contributed by atoms with Crippen LogP contribution in [0.2, 0.25) is 0 Å². The second kappa shape index (κ2) is 5.84. The second-order valence-electron chi connectivity index (χ2n) is 6.75. The van der Waals surface area contributed by atoms with Crippen molar-refractivity contribution in [1.29, 1.82) is 0 Å². The topological polar surface area (TPSA) is 72.2 Å². The average Bonchev–Trinajstić information content (AvgIpc) is 3.10. The van der Waals surface area contributed by atoms with Crippen molar-refractivity contribution in [2.45, 2.75) is 12.0 Å². The maximum atomic E-state index is 14.2. The van der Waals surface area contributed by atoms with E-state index in [1.165, 1.54) is 18.5 Å². The van der Waals surface area contributed by atoms with E-state index in [2.05, 4.69) is 20.4 Å². The van der Waals surface area contributed by atoms with Gasteiger partial charge < -0.3 is 5.32 Å². The van der Waals surface area contributed by atoms with Crippen molar-refractivity contribution in [2.75, 3.05) is 11.9 Å². The Kier molecular flexibility index (Phi) is 3.43. The Hall–Kier alpha value is -3.35. The molecule has 6 nitrogen and oxygen atoms in total. The third-order valence-electron chi connectivity index (χ3n) is 5.17. The molecule has 5 rings (SSSR count). The molecule has 0 spiro atoms. The molecule has 3 aromatic rings. The molecule has 2 aliphatic heterocycles. The van der Waals surface area contributed by atoms with Gasteiger partial charge in [0, 0.05) is 23.9 Å². The molecular weight excluding hydrogens is 345 g/mol. The highest BCUT2D eigenvalue weighted by Crippen LogP contribution is 2.44. The van der Waals surface area contributed by atoms with E-state index in [-0.39, 0.29) is 24.3 Å². The minimum absolute atomic E-state index is 0.0150. The van der Waals surface area contributed by atoms with Gasteiger partial charge in [-0.05, 0) is 17.7 Å². The lowest BCUT2D eigenvalue weighted by Crippen LogP contribution is -2.37. The summed E-state index contributed by atoms with van der Waals surface area (Å²) in [5.41, 5.74) is 3.42. The van der Waals surface area contributed by atoms with Crippen LogP contribution in [0.15, 0.2) is 53.8 Å². The molecule has 0 saturated carbocycles. The Morgan fingerprint density at radius 2 is 2.04 bits per heavy atom. The highest BCUT2D eigenvalue weighted by Gasteiger charge is 2.41. The molecule has 1 N–H and O–H groups in total. The number of ketones is 1. The third-order valence-corrected chi connectivity index (χ3v) is 5.17. The quantitative estimate of drug-likeness (QED) is 0.762. The Bertz CT molecular complexity index is 1090. The van der Waals surface area contributed by atoms with Crippen molar-refractivity contribution in [3.05, 3.63) is 77.1 Å². The number of aryl methyl sites for hydroxylation is 1. The van der Waals surface area contributed by atoms with Crippen LogP contribution in [-0.2, 0) is 7.05 Å². The van der Waals surface area contributed by atoms with Gasteiger partial charge in [-0.25, -0.2) is 9.37 Å². The van der Waals surface area contributed by atoms with Gasteiger partial charge in [0.15, 0.2) is 5.78 Å². The Morgan fingerprint density at radius 1 is 1.22 bits per heavy atom. The zero-order valence-electron chi connectivity index (χ0n) is 14.6. The molecule has 0 radical (unpaired) electrons. The van der Waals surface area contributed by atoms with Crippen molar-refractivity contribution in [2.24, 2.45) is 12.0 Å². The number of aromatic nitrogens is 3. The van der Waals surface area contributed by atoms with Crippen LogP contribution in [0.4, 0.5) is 10.1 Å². The summed E-state index contributed by atoms with van der Waals surface area (Å²) >= 11 is 0. The first-order chi connectivity index (χ1) is 13.1. The minimum atomic E-state index is -0.435. The van der Waals surface area contributed by atoms with E-state index >= 15 is 0 Å². The molecule has 2 atom stereocenters. The van der Waals surface area contributed by atoms with Crippen molar-refractivity contribution < 1.29 is 9.18 Å². The van der Waals surface area contributed by atoms with Crippen LogP contribution in [0.25, 0.3) is 0 Å². The number of nitrogens with zero attached hydrogens (tertiary/aromatic N) is 4. The molecule has 1 unspecified atom stereocenters. The van der Waals surface area contributed by atoms with Gasteiger partial charge in [0.2, 0.25) is 0 Å². The number of anilines is 1. The van der Waals surface area contributed by atoms with E-state index < -0.39 is 5.82 Å². The van der Waals surface area contributed by atoms with Crippen LogP contribution in [0.3, 0.4) is 0 Å². The maximum absolute atomic E-state index is 14.2. The van der Waals surface area contributed by atoms with Gasteiger partial charge in [-0.2, -0.15) is 5.10 Å². The van der Waals surface area contributed by atoms with Crippen LogP contribution in [-0.4, -0.2) is 32.8 Å². The second-order valence-corrected chi connectivity index (χ2v) is 6.75.